The van der Waals surface area contributed by atoms with Crippen molar-refractivity contribution in [1.29, 1.82) is 5.26 Å². The van der Waals surface area contributed by atoms with Gasteiger partial charge in [0, 0.05) is 11.1 Å². The summed E-state index contributed by atoms with van der Waals surface area (Å²) >= 11 is 8.27. The zero-order valence-electron chi connectivity index (χ0n) is 14.8. The summed E-state index contributed by atoms with van der Waals surface area (Å²) in [4.78, 5) is 15.8. The molecule has 142 valence electrons. The molecule has 0 fully saturated rings. The van der Waals surface area contributed by atoms with Crippen LogP contribution in [0.2, 0.25) is 5.15 Å². The Labute approximate surface area is 179 Å². The number of carbonyl (C=O) groups is 1. The number of nitriles is 1. The summed E-state index contributed by atoms with van der Waals surface area (Å²) in [5.74, 6) is 0. The van der Waals surface area contributed by atoms with Crippen molar-refractivity contribution >= 4 is 56.9 Å². The van der Waals surface area contributed by atoms with E-state index >= 15 is 0 Å². The fourth-order valence-corrected chi connectivity index (χ4v) is 4.66. The summed E-state index contributed by atoms with van der Waals surface area (Å²) in [6, 6.07) is 7.60. The highest BCUT2D eigenvalue weighted by Gasteiger charge is 2.26. The van der Waals surface area contributed by atoms with E-state index in [2.05, 4.69) is 21.5 Å². The van der Waals surface area contributed by atoms with Crippen molar-refractivity contribution in [1.82, 2.24) is 14.8 Å². The van der Waals surface area contributed by atoms with Crippen molar-refractivity contribution in [2.45, 2.75) is 32.2 Å². The van der Waals surface area contributed by atoms with Crippen LogP contribution in [0.15, 0.2) is 18.2 Å². The van der Waals surface area contributed by atoms with Crippen LogP contribution in [0.4, 0.5) is 10.5 Å². The van der Waals surface area contributed by atoms with Crippen molar-refractivity contribution in [3.63, 3.8) is 0 Å². The number of nitrogens with zero attached hydrogens (tertiary/aromatic N) is 4. The monoisotopic (exact) mass is 507 g/mol. The lowest BCUT2D eigenvalue weighted by atomic mass is 9.87. The summed E-state index contributed by atoms with van der Waals surface area (Å²) in [6.45, 7) is 1.92. The number of pyridine rings is 1. The van der Waals surface area contributed by atoms with Crippen LogP contribution in [0, 0.1) is 22.0 Å². The van der Waals surface area contributed by atoms with Gasteiger partial charge in [0.05, 0.1) is 22.8 Å². The smallest absolute Gasteiger partial charge is 0.432 e. The highest BCUT2D eigenvalue weighted by atomic mass is 127. The third-order valence-corrected chi connectivity index (χ3v) is 6.15. The largest absolute Gasteiger partial charge is 0.463 e. The van der Waals surface area contributed by atoms with Gasteiger partial charge >= 0.3 is 6.09 Å². The van der Waals surface area contributed by atoms with Gasteiger partial charge in [0.25, 0.3) is 0 Å². The Morgan fingerprint density at radius 3 is 3.00 bits per heavy atom. The Kier molecular flexibility index (Phi) is 4.89. The van der Waals surface area contributed by atoms with E-state index < -0.39 is 6.09 Å². The molecule has 2 heterocycles. The third kappa shape index (κ3) is 3.08. The van der Waals surface area contributed by atoms with Crippen LogP contribution in [0.1, 0.15) is 41.3 Å². The lowest BCUT2D eigenvalue weighted by Crippen LogP contribution is -2.21. The number of hydrogen-bond acceptors (Lipinski definition) is 5. The van der Waals surface area contributed by atoms with E-state index in [1.54, 1.807) is 6.07 Å². The summed E-state index contributed by atoms with van der Waals surface area (Å²) in [6.07, 6.45) is 1.64. The molecule has 0 amide bonds. The molecule has 3 aromatic rings. The molecule has 2 N–H and O–H groups in total. The minimum atomic E-state index is -1.11. The van der Waals surface area contributed by atoms with Gasteiger partial charge in [0.15, 0.2) is 0 Å². The van der Waals surface area contributed by atoms with Crippen LogP contribution in [-0.4, -0.2) is 26.0 Å². The fraction of sp³-hybridized carbons (Fsp3) is 0.263. The number of carboxylic acid groups (broad SMARTS) is 1. The normalized spacial score (nSPS) is 15.9. The molecule has 4 rings (SSSR count). The Morgan fingerprint density at radius 1 is 1.50 bits per heavy atom. The second kappa shape index (κ2) is 7.22. The average molecular weight is 508 g/mol. The summed E-state index contributed by atoms with van der Waals surface area (Å²) in [5.41, 5.74) is 4.70. The van der Waals surface area contributed by atoms with E-state index in [0.29, 0.717) is 14.8 Å². The van der Waals surface area contributed by atoms with E-state index in [0.717, 1.165) is 51.8 Å². The number of halogens is 2. The van der Waals surface area contributed by atoms with Crippen LogP contribution in [0.25, 0.3) is 10.9 Å². The van der Waals surface area contributed by atoms with Gasteiger partial charge in [-0.05, 0) is 78.1 Å². The van der Waals surface area contributed by atoms with Crippen molar-refractivity contribution in [2.24, 2.45) is 0 Å². The molecule has 1 unspecified atom stereocenters. The predicted molar refractivity (Wildman–Crippen MR) is 114 cm³/mol. The lowest BCUT2D eigenvalue weighted by molar-refractivity contribution is 0.194. The van der Waals surface area contributed by atoms with Crippen LogP contribution < -0.4 is 5.32 Å². The minimum absolute atomic E-state index is 0.0303. The van der Waals surface area contributed by atoms with Gasteiger partial charge in [-0.2, -0.15) is 15.0 Å². The molecule has 0 spiro atoms. The number of benzene rings is 1. The van der Waals surface area contributed by atoms with Crippen LogP contribution in [0.5, 0.6) is 0 Å². The molecular formula is C19H15ClIN5O2. The van der Waals surface area contributed by atoms with Gasteiger partial charge in [-0.15, -0.1) is 0 Å². The molecule has 9 heteroatoms. The van der Waals surface area contributed by atoms with E-state index in [-0.39, 0.29) is 11.2 Å². The first-order valence-electron chi connectivity index (χ1n) is 8.67. The van der Waals surface area contributed by atoms with Gasteiger partial charge in [0.1, 0.15) is 14.9 Å². The molecule has 1 aromatic carbocycles. The van der Waals surface area contributed by atoms with E-state index in [1.807, 2.05) is 41.6 Å². The van der Waals surface area contributed by atoms with E-state index in [9.17, 15) is 15.2 Å². The first kappa shape index (κ1) is 19.0. The van der Waals surface area contributed by atoms with Gasteiger partial charge in [-0.25, -0.2) is 9.78 Å². The number of nitrogens with one attached hydrogen (secondary N) is 1. The summed E-state index contributed by atoms with van der Waals surface area (Å²) in [7, 11) is 0. The quantitative estimate of drug-likeness (QED) is 0.378. The molecule has 1 aliphatic carbocycles. The highest BCUT2D eigenvalue weighted by Crippen LogP contribution is 2.36. The maximum atomic E-state index is 11.3. The number of fused-ring (bicyclic) bond motifs is 2. The standard InChI is InChI=1S/C19H15ClIN5O2/c1-9-11-3-2-4-14(16(11)24-17(20)13(9)8-22)23-10-5-6-15-12(7-10)18(21)25-26(15)19(27)28/h5-7,14,23H,2-4H2,1H3,(H,27,28). The second-order valence-electron chi connectivity index (χ2n) is 6.68. The number of rotatable bonds is 2. The SMILES string of the molecule is Cc1c(C#N)c(Cl)nc2c1CCCC2Nc1ccc2c(c1)c(I)nn2C(=O)O. The summed E-state index contributed by atoms with van der Waals surface area (Å²) < 4.78 is 1.60. The number of hydrogen-bond donors (Lipinski definition) is 2. The fourth-order valence-electron chi connectivity index (χ4n) is 3.74. The van der Waals surface area contributed by atoms with Crippen molar-refractivity contribution in [3.05, 3.63) is 49.4 Å². The molecule has 1 aliphatic rings. The van der Waals surface area contributed by atoms with E-state index in [1.165, 1.54) is 0 Å². The molecule has 28 heavy (non-hydrogen) atoms. The summed E-state index contributed by atoms with van der Waals surface area (Å²) in [5, 5.41) is 27.2. The van der Waals surface area contributed by atoms with Gasteiger partial charge < -0.3 is 10.4 Å². The molecule has 0 bridgehead atoms. The highest BCUT2D eigenvalue weighted by molar-refractivity contribution is 14.1. The predicted octanol–water partition coefficient (Wildman–Crippen LogP) is 4.89. The van der Waals surface area contributed by atoms with Gasteiger partial charge in [-0.1, -0.05) is 11.6 Å². The molecule has 7 nitrogen and oxygen atoms in total. The minimum Gasteiger partial charge on any atom is -0.463 e. The first-order chi connectivity index (χ1) is 13.4. The zero-order chi connectivity index (χ0) is 20.0. The first-order valence-corrected chi connectivity index (χ1v) is 10.1. The zero-order valence-corrected chi connectivity index (χ0v) is 17.7. The lowest BCUT2D eigenvalue weighted by Gasteiger charge is -2.28. The molecule has 0 radical (unpaired) electrons. The maximum Gasteiger partial charge on any atom is 0.432 e. The topological polar surface area (TPSA) is 104 Å². The number of aromatic nitrogens is 3. The van der Waals surface area contributed by atoms with Crippen LogP contribution in [0.3, 0.4) is 0 Å². The maximum absolute atomic E-state index is 11.3. The van der Waals surface area contributed by atoms with E-state index in [4.69, 9.17) is 11.6 Å². The average Bonchev–Trinajstić information content (AvgIpc) is 2.99. The molecule has 0 aliphatic heterocycles. The van der Waals surface area contributed by atoms with Crippen LogP contribution >= 0.6 is 34.2 Å². The van der Waals surface area contributed by atoms with Crippen LogP contribution in [-0.2, 0) is 6.42 Å². The molecule has 1 atom stereocenters. The van der Waals surface area contributed by atoms with Gasteiger partial charge in [-0.3, -0.25) is 0 Å². The molecule has 2 aromatic heterocycles. The Morgan fingerprint density at radius 2 is 2.29 bits per heavy atom. The van der Waals surface area contributed by atoms with Crippen molar-refractivity contribution in [2.75, 3.05) is 5.32 Å². The van der Waals surface area contributed by atoms with Crippen molar-refractivity contribution in [3.8, 4) is 6.07 Å². The third-order valence-electron chi connectivity index (χ3n) is 5.08. The Bertz CT molecular complexity index is 1170. The van der Waals surface area contributed by atoms with Gasteiger partial charge in [0.2, 0.25) is 0 Å². The van der Waals surface area contributed by atoms with Crippen molar-refractivity contribution < 1.29 is 9.90 Å². The molecule has 0 saturated carbocycles. The Hall–Kier alpha value is -2.38. The second-order valence-corrected chi connectivity index (χ2v) is 8.06. The Balaban J connectivity index is 1.73. The number of anilines is 1. The molecule has 0 saturated heterocycles. The molecular weight excluding hydrogens is 493 g/mol.